The lowest BCUT2D eigenvalue weighted by Crippen LogP contribution is -2.43. The standard InChI is InChI=1S/C26H26ClF2N3O4/c1-14-20-18(36-26(14,13-31-2)19-6-4-5-9-32-19)12-16(28)23(27)22(20)21-15(25(30)33)7-8-17(24(21)29)35-11-10-34-3/h4-9,12,14,31H,10-11,13H2,1-3H3,(H2,30,33)/t14-,26-/m0/s1. The molecule has 3 aromatic rings. The maximum Gasteiger partial charge on any atom is 0.249 e. The molecular weight excluding hydrogens is 492 g/mol. The van der Waals surface area contributed by atoms with Crippen LogP contribution in [0.3, 0.4) is 0 Å². The number of fused-ring (bicyclic) bond motifs is 1. The first-order chi connectivity index (χ1) is 17.3. The second-order valence-corrected chi connectivity index (χ2v) is 8.80. The lowest BCUT2D eigenvalue weighted by molar-refractivity contribution is 0.0673. The summed E-state index contributed by atoms with van der Waals surface area (Å²) in [7, 11) is 3.24. The summed E-state index contributed by atoms with van der Waals surface area (Å²) in [6.07, 6.45) is 1.63. The molecule has 7 nitrogen and oxygen atoms in total. The van der Waals surface area contributed by atoms with E-state index in [0.717, 1.165) is 0 Å². The Balaban J connectivity index is 1.99. The van der Waals surface area contributed by atoms with Crippen LogP contribution < -0.4 is 20.5 Å². The van der Waals surface area contributed by atoms with Gasteiger partial charge in [0.1, 0.15) is 18.2 Å². The molecular formula is C26H26ClF2N3O4. The summed E-state index contributed by atoms with van der Waals surface area (Å²) >= 11 is 6.48. The van der Waals surface area contributed by atoms with Crippen molar-refractivity contribution in [2.24, 2.45) is 5.73 Å². The lowest BCUT2D eigenvalue weighted by atomic mass is 9.79. The molecule has 3 N–H and O–H groups in total. The van der Waals surface area contributed by atoms with Crippen LogP contribution in [0.4, 0.5) is 8.78 Å². The van der Waals surface area contributed by atoms with Crippen molar-refractivity contribution >= 4 is 17.5 Å². The fourth-order valence-corrected chi connectivity index (χ4v) is 4.93. The summed E-state index contributed by atoms with van der Waals surface area (Å²) in [5, 5.41) is 2.75. The molecule has 0 aliphatic carbocycles. The van der Waals surface area contributed by atoms with E-state index in [2.05, 4.69) is 10.3 Å². The van der Waals surface area contributed by atoms with Gasteiger partial charge in [0.2, 0.25) is 5.91 Å². The highest BCUT2D eigenvalue weighted by Crippen LogP contribution is 2.56. The van der Waals surface area contributed by atoms with Gasteiger partial charge < -0.3 is 25.3 Å². The highest BCUT2D eigenvalue weighted by molar-refractivity contribution is 6.34. The van der Waals surface area contributed by atoms with Crippen LogP contribution >= 0.6 is 11.6 Å². The van der Waals surface area contributed by atoms with Crippen molar-refractivity contribution in [3.8, 4) is 22.6 Å². The molecule has 0 bridgehead atoms. The summed E-state index contributed by atoms with van der Waals surface area (Å²) in [4.78, 5) is 16.8. The average molecular weight is 518 g/mol. The number of nitrogens with one attached hydrogen (secondary N) is 1. The van der Waals surface area contributed by atoms with Crippen molar-refractivity contribution in [2.75, 3.05) is 33.9 Å². The number of hydrogen-bond donors (Lipinski definition) is 2. The molecule has 0 radical (unpaired) electrons. The number of primary amides is 1. The van der Waals surface area contributed by atoms with E-state index in [1.807, 2.05) is 13.0 Å². The molecule has 2 aromatic carbocycles. The molecule has 1 aliphatic rings. The maximum atomic E-state index is 16.0. The van der Waals surface area contributed by atoms with Crippen molar-refractivity contribution in [2.45, 2.75) is 18.4 Å². The van der Waals surface area contributed by atoms with Gasteiger partial charge in [0.15, 0.2) is 17.2 Å². The molecule has 1 aliphatic heterocycles. The van der Waals surface area contributed by atoms with Crippen LogP contribution in [0, 0.1) is 11.6 Å². The van der Waals surface area contributed by atoms with Gasteiger partial charge in [-0.2, -0.15) is 0 Å². The zero-order valence-corrected chi connectivity index (χ0v) is 20.8. The number of carbonyl (C=O) groups is 1. The lowest BCUT2D eigenvalue weighted by Gasteiger charge is -2.32. The molecule has 1 amide bonds. The number of carbonyl (C=O) groups excluding carboxylic acids is 1. The third kappa shape index (κ3) is 4.27. The van der Waals surface area contributed by atoms with Gasteiger partial charge in [-0.25, -0.2) is 8.78 Å². The minimum absolute atomic E-state index is 0.0171. The van der Waals surface area contributed by atoms with Crippen molar-refractivity contribution < 1.29 is 27.8 Å². The van der Waals surface area contributed by atoms with Gasteiger partial charge >= 0.3 is 0 Å². The minimum Gasteiger partial charge on any atom is -0.488 e. The van der Waals surface area contributed by atoms with E-state index < -0.39 is 29.1 Å². The van der Waals surface area contributed by atoms with Gasteiger partial charge in [0, 0.05) is 48.5 Å². The number of hydrogen-bond acceptors (Lipinski definition) is 6. The van der Waals surface area contributed by atoms with Gasteiger partial charge in [-0.15, -0.1) is 0 Å². The number of nitrogens with zero attached hydrogens (tertiary/aromatic N) is 1. The summed E-state index contributed by atoms with van der Waals surface area (Å²) in [6, 6.07) is 9.18. The highest BCUT2D eigenvalue weighted by Gasteiger charge is 2.50. The van der Waals surface area contributed by atoms with Gasteiger partial charge in [0.05, 0.1) is 22.9 Å². The number of rotatable bonds is 9. The van der Waals surface area contributed by atoms with Crippen LogP contribution in [0.25, 0.3) is 11.1 Å². The van der Waals surface area contributed by atoms with Gasteiger partial charge in [-0.05, 0) is 31.3 Å². The minimum atomic E-state index is -1.06. The Hall–Kier alpha value is -3.27. The molecule has 190 valence electrons. The quantitative estimate of drug-likeness (QED) is 0.408. The Morgan fingerprint density at radius 1 is 1.25 bits per heavy atom. The Kier molecular flexibility index (Phi) is 7.44. The monoisotopic (exact) mass is 517 g/mol. The van der Waals surface area contributed by atoms with E-state index in [-0.39, 0.29) is 46.4 Å². The molecule has 1 aromatic heterocycles. The van der Waals surface area contributed by atoms with Crippen molar-refractivity contribution in [3.05, 3.63) is 76.1 Å². The van der Waals surface area contributed by atoms with Crippen LogP contribution in [0.2, 0.25) is 5.02 Å². The topological polar surface area (TPSA) is 95.7 Å². The molecule has 2 heterocycles. The summed E-state index contributed by atoms with van der Waals surface area (Å²) in [5.41, 5.74) is 5.13. The molecule has 0 saturated heterocycles. The van der Waals surface area contributed by atoms with E-state index in [4.69, 9.17) is 31.5 Å². The number of aromatic nitrogens is 1. The predicted octanol–water partition coefficient (Wildman–Crippen LogP) is 4.42. The Bertz CT molecular complexity index is 1290. The number of methoxy groups -OCH3 is 1. The summed E-state index contributed by atoms with van der Waals surface area (Å²) in [5.74, 6) is -3.10. The van der Waals surface area contributed by atoms with Crippen molar-refractivity contribution in [3.63, 3.8) is 0 Å². The SMILES string of the molecule is CNC[C@]1(c2ccccn2)Oc2cc(F)c(Cl)c(-c3c(C(N)=O)ccc(OCCOC)c3F)c2[C@@H]1C. The first-order valence-electron chi connectivity index (χ1n) is 11.3. The molecule has 4 rings (SSSR count). The van der Waals surface area contributed by atoms with Crippen LogP contribution in [-0.2, 0) is 10.3 Å². The van der Waals surface area contributed by atoms with E-state index in [9.17, 15) is 4.79 Å². The smallest absolute Gasteiger partial charge is 0.249 e. The number of likely N-dealkylation sites (N-methyl/N-ethyl adjacent to an activating group) is 1. The number of halogens is 3. The summed E-state index contributed by atoms with van der Waals surface area (Å²) < 4.78 is 48.0. The molecule has 2 atom stereocenters. The van der Waals surface area contributed by atoms with Crippen molar-refractivity contribution in [1.29, 1.82) is 0 Å². The second-order valence-electron chi connectivity index (χ2n) is 8.42. The van der Waals surface area contributed by atoms with Crippen LogP contribution in [0.1, 0.15) is 34.5 Å². The molecule has 36 heavy (non-hydrogen) atoms. The third-order valence-electron chi connectivity index (χ3n) is 6.35. The zero-order valence-electron chi connectivity index (χ0n) is 20.0. The van der Waals surface area contributed by atoms with Crippen LogP contribution in [0.15, 0.2) is 42.6 Å². The van der Waals surface area contributed by atoms with E-state index in [1.165, 1.54) is 25.3 Å². The van der Waals surface area contributed by atoms with Crippen molar-refractivity contribution in [1.82, 2.24) is 10.3 Å². The van der Waals surface area contributed by atoms with Crippen LogP contribution in [-0.4, -0.2) is 44.8 Å². The van der Waals surface area contributed by atoms with E-state index in [1.54, 1.807) is 25.4 Å². The fraction of sp³-hybridized carbons (Fsp3) is 0.308. The van der Waals surface area contributed by atoms with Gasteiger partial charge in [-0.3, -0.25) is 9.78 Å². The molecule has 10 heteroatoms. The Morgan fingerprint density at radius 2 is 2.03 bits per heavy atom. The summed E-state index contributed by atoms with van der Waals surface area (Å²) in [6.45, 7) is 2.44. The number of benzene rings is 2. The maximum absolute atomic E-state index is 16.0. The van der Waals surface area contributed by atoms with E-state index >= 15 is 8.78 Å². The first-order valence-corrected chi connectivity index (χ1v) is 11.7. The van der Waals surface area contributed by atoms with Crippen LogP contribution in [0.5, 0.6) is 11.5 Å². The number of nitrogens with two attached hydrogens (primary N) is 1. The Morgan fingerprint density at radius 3 is 2.67 bits per heavy atom. The number of amides is 1. The number of ether oxygens (including phenoxy) is 3. The predicted molar refractivity (Wildman–Crippen MR) is 132 cm³/mol. The third-order valence-corrected chi connectivity index (χ3v) is 6.72. The molecule has 0 saturated carbocycles. The molecule has 0 unspecified atom stereocenters. The molecule has 0 fully saturated rings. The van der Waals surface area contributed by atoms with E-state index in [0.29, 0.717) is 17.8 Å². The highest BCUT2D eigenvalue weighted by atomic mass is 35.5. The van der Waals surface area contributed by atoms with Gasteiger partial charge in [0.25, 0.3) is 0 Å². The second kappa shape index (κ2) is 10.4. The largest absolute Gasteiger partial charge is 0.488 e. The fourth-order valence-electron chi connectivity index (χ4n) is 4.68. The average Bonchev–Trinajstić information content (AvgIpc) is 3.13. The first kappa shape index (κ1) is 25.8. The van der Waals surface area contributed by atoms with Gasteiger partial charge in [-0.1, -0.05) is 24.6 Å². The number of pyridine rings is 1. The Labute approximate surface area is 212 Å². The zero-order chi connectivity index (χ0) is 26.0. The molecule has 0 spiro atoms. The normalized spacial score (nSPS) is 18.6.